The van der Waals surface area contributed by atoms with Gasteiger partial charge in [0, 0.05) is 7.05 Å². The predicted octanol–water partition coefficient (Wildman–Crippen LogP) is 0.609. The van der Waals surface area contributed by atoms with Crippen LogP contribution in [0.15, 0.2) is 0 Å². The van der Waals surface area contributed by atoms with E-state index in [2.05, 4.69) is 26.1 Å². The van der Waals surface area contributed by atoms with Gasteiger partial charge in [0.15, 0.2) is 6.54 Å². The Kier molecular flexibility index (Phi) is 4.90. The molecule has 0 saturated carbocycles. The number of hydrogen-bond donors (Lipinski definition) is 1. The first-order valence-corrected chi connectivity index (χ1v) is 4.69. The highest BCUT2D eigenvalue weighted by Gasteiger charge is 2.23. The fourth-order valence-corrected chi connectivity index (χ4v) is 1.39. The highest BCUT2D eigenvalue weighted by molar-refractivity contribution is 5.76. The van der Waals surface area contributed by atoms with Crippen LogP contribution in [-0.4, -0.2) is 43.6 Å². The van der Waals surface area contributed by atoms with Gasteiger partial charge in [-0.15, -0.1) is 0 Å². The summed E-state index contributed by atoms with van der Waals surface area (Å²) in [6, 6.07) is 0. The summed E-state index contributed by atoms with van der Waals surface area (Å²) in [7, 11) is 1.69. The molecule has 0 atom stereocenters. The Bertz CT molecular complexity index is 133. The Labute approximate surface area is 75.3 Å². The molecule has 0 aliphatic heterocycles. The quantitative estimate of drug-likeness (QED) is 0.606. The van der Waals surface area contributed by atoms with Crippen molar-refractivity contribution in [3.05, 3.63) is 0 Å². The van der Waals surface area contributed by atoms with E-state index in [9.17, 15) is 4.79 Å². The first kappa shape index (κ1) is 11.4. The summed E-state index contributed by atoms with van der Waals surface area (Å²) in [4.78, 5) is 11.2. The molecule has 0 aromatic heterocycles. The molecule has 0 bridgehead atoms. The minimum absolute atomic E-state index is 0.139. The van der Waals surface area contributed by atoms with Gasteiger partial charge in [0.05, 0.1) is 19.6 Å². The lowest BCUT2D eigenvalue weighted by atomic mass is 10.3. The van der Waals surface area contributed by atoms with Gasteiger partial charge < -0.3 is 9.80 Å². The Balaban J connectivity index is 4.19. The van der Waals surface area contributed by atoms with E-state index in [4.69, 9.17) is 0 Å². The second-order valence-electron chi connectivity index (χ2n) is 3.12. The number of carbonyl (C=O) groups excluding carboxylic acids is 1. The minimum atomic E-state index is 0.139. The first-order chi connectivity index (χ1) is 5.64. The molecular weight excluding hydrogens is 152 g/mol. The van der Waals surface area contributed by atoms with Gasteiger partial charge >= 0.3 is 0 Å². The molecule has 12 heavy (non-hydrogen) atoms. The molecule has 0 unspecified atom stereocenters. The zero-order valence-electron chi connectivity index (χ0n) is 8.68. The Morgan fingerprint density at radius 3 is 1.83 bits per heavy atom. The lowest BCUT2D eigenvalue weighted by Gasteiger charge is -2.34. The SMILES string of the molecule is CC[N+](CC)(CC)CC(=O)NC. The molecule has 0 fully saturated rings. The van der Waals surface area contributed by atoms with Crippen LogP contribution in [0.25, 0.3) is 0 Å². The molecule has 1 N–H and O–H groups in total. The summed E-state index contributed by atoms with van der Waals surface area (Å²) >= 11 is 0. The third-order valence-electron chi connectivity index (χ3n) is 2.77. The van der Waals surface area contributed by atoms with Gasteiger partial charge in [-0.3, -0.25) is 4.79 Å². The Morgan fingerprint density at radius 1 is 1.17 bits per heavy atom. The fourth-order valence-electron chi connectivity index (χ4n) is 1.39. The monoisotopic (exact) mass is 173 g/mol. The van der Waals surface area contributed by atoms with E-state index in [0.717, 1.165) is 24.1 Å². The molecule has 0 aromatic carbocycles. The number of likely N-dealkylation sites (N-methyl/N-ethyl adjacent to an activating group) is 2. The summed E-state index contributed by atoms with van der Waals surface area (Å²) in [5.74, 6) is 0.139. The van der Waals surface area contributed by atoms with Crippen LogP contribution >= 0.6 is 0 Å². The van der Waals surface area contributed by atoms with Gasteiger partial charge in [-0.2, -0.15) is 0 Å². The maximum absolute atomic E-state index is 11.2. The van der Waals surface area contributed by atoms with Crippen molar-refractivity contribution in [3.8, 4) is 0 Å². The van der Waals surface area contributed by atoms with Crippen LogP contribution in [-0.2, 0) is 4.79 Å². The van der Waals surface area contributed by atoms with Gasteiger partial charge in [0.1, 0.15) is 0 Å². The summed E-state index contributed by atoms with van der Waals surface area (Å²) in [5, 5.41) is 2.67. The molecule has 0 rings (SSSR count). The molecule has 0 radical (unpaired) electrons. The molecule has 3 heteroatoms. The van der Waals surface area contributed by atoms with Gasteiger partial charge in [-0.25, -0.2) is 0 Å². The van der Waals surface area contributed by atoms with Gasteiger partial charge in [0.25, 0.3) is 5.91 Å². The number of hydrogen-bond acceptors (Lipinski definition) is 1. The minimum Gasteiger partial charge on any atom is -0.354 e. The number of nitrogens with one attached hydrogen (secondary N) is 1. The van der Waals surface area contributed by atoms with Gasteiger partial charge in [-0.05, 0) is 20.8 Å². The molecule has 0 aliphatic carbocycles. The van der Waals surface area contributed by atoms with Crippen molar-refractivity contribution in [2.24, 2.45) is 0 Å². The van der Waals surface area contributed by atoms with E-state index < -0.39 is 0 Å². The summed E-state index contributed by atoms with van der Waals surface area (Å²) in [6.07, 6.45) is 0. The van der Waals surface area contributed by atoms with Crippen LogP contribution in [0.4, 0.5) is 0 Å². The smallest absolute Gasteiger partial charge is 0.275 e. The summed E-state index contributed by atoms with van der Waals surface area (Å²) in [6.45, 7) is 10.1. The largest absolute Gasteiger partial charge is 0.354 e. The summed E-state index contributed by atoms with van der Waals surface area (Å²) in [5.41, 5.74) is 0. The van der Waals surface area contributed by atoms with Crippen LogP contribution in [0.2, 0.25) is 0 Å². The average molecular weight is 173 g/mol. The Hall–Kier alpha value is -0.570. The number of carbonyl (C=O) groups is 1. The van der Waals surface area contributed by atoms with E-state index in [0.29, 0.717) is 6.54 Å². The van der Waals surface area contributed by atoms with Crippen LogP contribution in [0.3, 0.4) is 0 Å². The first-order valence-electron chi connectivity index (χ1n) is 4.69. The molecular formula is C9H21N2O+. The standard InChI is InChI=1S/C9H20N2O/c1-5-11(6-2,7-3)8-9(12)10-4/h5-8H2,1-4H3/p+1. The average Bonchev–Trinajstić information content (AvgIpc) is 2.14. The van der Waals surface area contributed by atoms with Crippen molar-refractivity contribution in [1.29, 1.82) is 0 Å². The molecule has 0 saturated heterocycles. The number of nitrogens with zero attached hydrogens (tertiary/aromatic N) is 1. The Morgan fingerprint density at radius 2 is 1.58 bits per heavy atom. The van der Waals surface area contributed by atoms with Gasteiger partial charge in [-0.1, -0.05) is 0 Å². The number of rotatable bonds is 5. The van der Waals surface area contributed by atoms with E-state index in [-0.39, 0.29) is 5.91 Å². The molecule has 0 aliphatic rings. The van der Waals surface area contributed by atoms with E-state index in [1.54, 1.807) is 7.05 Å². The third kappa shape index (κ3) is 2.81. The number of quaternary nitrogens is 1. The highest BCUT2D eigenvalue weighted by atomic mass is 16.2. The highest BCUT2D eigenvalue weighted by Crippen LogP contribution is 2.04. The maximum atomic E-state index is 11.2. The second-order valence-corrected chi connectivity index (χ2v) is 3.12. The lowest BCUT2D eigenvalue weighted by molar-refractivity contribution is -0.915. The van der Waals surface area contributed by atoms with Crippen molar-refractivity contribution >= 4 is 5.91 Å². The molecule has 0 heterocycles. The molecule has 72 valence electrons. The second kappa shape index (κ2) is 5.14. The van der Waals surface area contributed by atoms with Crippen LogP contribution in [0.5, 0.6) is 0 Å². The van der Waals surface area contributed by atoms with E-state index in [1.807, 2.05) is 0 Å². The van der Waals surface area contributed by atoms with Crippen molar-refractivity contribution in [1.82, 2.24) is 5.32 Å². The molecule has 0 spiro atoms. The van der Waals surface area contributed by atoms with Crippen molar-refractivity contribution in [2.45, 2.75) is 20.8 Å². The van der Waals surface area contributed by atoms with Crippen molar-refractivity contribution in [3.63, 3.8) is 0 Å². The zero-order valence-corrected chi connectivity index (χ0v) is 8.68. The van der Waals surface area contributed by atoms with Crippen molar-refractivity contribution in [2.75, 3.05) is 33.2 Å². The van der Waals surface area contributed by atoms with Crippen LogP contribution in [0, 0.1) is 0 Å². The lowest BCUT2D eigenvalue weighted by Crippen LogP contribution is -2.52. The molecule has 0 aromatic rings. The van der Waals surface area contributed by atoms with Crippen LogP contribution in [0.1, 0.15) is 20.8 Å². The third-order valence-corrected chi connectivity index (χ3v) is 2.77. The normalized spacial score (nSPS) is 11.3. The topological polar surface area (TPSA) is 29.1 Å². The van der Waals surface area contributed by atoms with E-state index >= 15 is 0 Å². The molecule has 1 amide bonds. The van der Waals surface area contributed by atoms with Crippen LogP contribution < -0.4 is 5.32 Å². The summed E-state index contributed by atoms with van der Waals surface area (Å²) < 4.78 is 0.889. The van der Waals surface area contributed by atoms with Crippen molar-refractivity contribution < 1.29 is 9.28 Å². The predicted molar refractivity (Wildman–Crippen MR) is 50.8 cm³/mol. The van der Waals surface area contributed by atoms with Gasteiger partial charge in [0.2, 0.25) is 0 Å². The molecule has 3 nitrogen and oxygen atoms in total. The number of amides is 1. The maximum Gasteiger partial charge on any atom is 0.275 e. The zero-order chi connectivity index (χ0) is 9.61. The fraction of sp³-hybridized carbons (Fsp3) is 0.889. The van der Waals surface area contributed by atoms with E-state index in [1.165, 1.54) is 0 Å².